The summed E-state index contributed by atoms with van der Waals surface area (Å²) in [5.74, 6) is 0.578. The maximum Gasteiger partial charge on any atom is 0.290 e. The zero-order valence-electron chi connectivity index (χ0n) is 8.90. The normalized spacial score (nSPS) is 10.1. The number of rotatable bonds is 3. The van der Waals surface area contributed by atoms with Gasteiger partial charge in [-0.3, -0.25) is 9.89 Å². The molecule has 5 nitrogen and oxygen atoms in total. The lowest BCUT2D eigenvalue weighted by atomic mass is 10.1. The number of carbonyl (C=O) groups excluding carboxylic acids is 1. The van der Waals surface area contributed by atoms with Crippen molar-refractivity contribution in [3.05, 3.63) is 47.5 Å². The van der Waals surface area contributed by atoms with E-state index in [1.807, 2.05) is 30.3 Å². The van der Waals surface area contributed by atoms with Crippen LogP contribution in [0.2, 0.25) is 0 Å². The Morgan fingerprint density at radius 1 is 1.38 bits per heavy atom. The zero-order chi connectivity index (χ0) is 11.4. The summed E-state index contributed by atoms with van der Waals surface area (Å²) < 4.78 is 0. The molecule has 0 saturated heterocycles. The van der Waals surface area contributed by atoms with Gasteiger partial charge in [0.1, 0.15) is 5.82 Å². The van der Waals surface area contributed by atoms with Crippen LogP contribution in [0.1, 0.15) is 22.0 Å². The van der Waals surface area contributed by atoms with Crippen LogP contribution >= 0.6 is 0 Å². The average Bonchev–Trinajstić information content (AvgIpc) is 2.78. The second-order valence-electron chi connectivity index (χ2n) is 3.35. The van der Waals surface area contributed by atoms with E-state index in [-0.39, 0.29) is 11.7 Å². The molecule has 0 aliphatic heterocycles. The van der Waals surface area contributed by atoms with Crippen molar-refractivity contribution in [2.45, 2.75) is 6.42 Å². The van der Waals surface area contributed by atoms with Crippen molar-refractivity contribution >= 4 is 5.91 Å². The molecule has 0 unspecified atom stereocenters. The van der Waals surface area contributed by atoms with Gasteiger partial charge < -0.3 is 5.32 Å². The van der Waals surface area contributed by atoms with Crippen LogP contribution in [0, 0.1) is 0 Å². The van der Waals surface area contributed by atoms with Crippen molar-refractivity contribution in [2.75, 3.05) is 7.05 Å². The quantitative estimate of drug-likeness (QED) is 0.795. The monoisotopic (exact) mass is 216 g/mol. The molecule has 1 aromatic carbocycles. The Kier molecular flexibility index (Phi) is 2.95. The largest absolute Gasteiger partial charge is 0.352 e. The molecule has 16 heavy (non-hydrogen) atoms. The van der Waals surface area contributed by atoms with Crippen molar-refractivity contribution in [1.29, 1.82) is 0 Å². The molecule has 0 spiro atoms. The molecule has 0 fully saturated rings. The number of benzene rings is 1. The fraction of sp³-hybridized carbons (Fsp3) is 0.182. The van der Waals surface area contributed by atoms with Crippen LogP contribution in [0.25, 0.3) is 0 Å². The number of H-pyrrole nitrogens is 1. The number of nitrogens with zero attached hydrogens (tertiary/aromatic N) is 2. The molecule has 0 aliphatic carbocycles. The molecule has 2 aromatic rings. The van der Waals surface area contributed by atoms with Gasteiger partial charge in [0.2, 0.25) is 5.82 Å². The topological polar surface area (TPSA) is 70.7 Å². The Balaban J connectivity index is 2.12. The third kappa shape index (κ3) is 2.25. The van der Waals surface area contributed by atoms with Gasteiger partial charge >= 0.3 is 0 Å². The number of hydrogen-bond donors (Lipinski definition) is 2. The maximum atomic E-state index is 11.2. The molecule has 82 valence electrons. The van der Waals surface area contributed by atoms with Gasteiger partial charge in [-0.15, -0.1) is 5.10 Å². The SMILES string of the molecule is CNC(=O)c1n[nH]c(Cc2ccccc2)n1. The summed E-state index contributed by atoms with van der Waals surface area (Å²) in [6.07, 6.45) is 0.644. The summed E-state index contributed by atoms with van der Waals surface area (Å²) in [5.41, 5.74) is 1.13. The predicted octanol–water partition coefficient (Wildman–Crippen LogP) is 0.755. The van der Waals surface area contributed by atoms with Gasteiger partial charge in [-0.05, 0) is 5.56 Å². The molecule has 1 heterocycles. The van der Waals surface area contributed by atoms with E-state index in [1.54, 1.807) is 7.05 Å². The Morgan fingerprint density at radius 3 is 2.81 bits per heavy atom. The second-order valence-corrected chi connectivity index (χ2v) is 3.35. The Hall–Kier alpha value is -2.17. The number of aromatic nitrogens is 3. The van der Waals surface area contributed by atoms with Crippen LogP contribution in [0.4, 0.5) is 0 Å². The predicted molar refractivity (Wildman–Crippen MR) is 59.0 cm³/mol. The first-order valence-corrected chi connectivity index (χ1v) is 4.97. The van der Waals surface area contributed by atoms with E-state index in [0.29, 0.717) is 12.2 Å². The fourth-order valence-corrected chi connectivity index (χ4v) is 1.38. The fourth-order valence-electron chi connectivity index (χ4n) is 1.38. The zero-order valence-corrected chi connectivity index (χ0v) is 8.90. The minimum atomic E-state index is -0.282. The van der Waals surface area contributed by atoms with Crippen LogP contribution in [-0.4, -0.2) is 28.1 Å². The van der Waals surface area contributed by atoms with E-state index < -0.39 is 0 Å². The van der Waals surface area contributed by atoms with E-state index in [0.717, 1.165) is 5.56 Å². The van der Waals surface area contributed by atoms with Crippen molar-refractivity contribution < 1.29 is 4.79 Å². The number of nitrogens with one attached hydrogen (secondary N) is 2. The lowest BCUT2D eigenvalue weighted by Gasteiger charge is -1.95. The molecular formula is C11H12N4O. The average molecular weight is 216 g/mol. The molecule has 2 N–H and O–H groups in total. The van der Waals surface area contributed by atoms with Crippen LogP contribution in [0.3, 0.4) is 0 Å². The van der Waals surface area contributed by atoms with Gasteiger partial charge in [-0.1, -0.05) is 30.3 Å². The van der Waals surface area contributed by atoms with Gasteiger partial charge in [0.25, 0.3) is 5.91 Å². The summed E-state index contributed by atoms with van der Waals surface area (Å²) in [6.45, 7) is 0. The van der Waals surface area contributed by atoms with E-state index in [9.17, 15) is 4.79 Å². The van der Waals surface area contributed by atoms with E-state index in [2.05, 4.69) is 20.5 Å². The number of aromatic amines is 1. The number of hydrogen-bond acceptors (Lipinski definition) is 3. The summed E-state index contributed by atoms with van der Waals surface area (Å²) in [4.78, 5) is 15.3. The van der Waals surface area contributed by atoms with E-state index in [4.69, 9.17) is 0 Å². The Bertz CT molecular complexity index is 478. The minimum Gasteiger partial charge on any atom is -0.352 e. The van der Waals surface area contributed by atoms with Gasteiger partial charge in [0.15, 0.2) is 0 Å². The highest BCUT2D eigenvalue weighted by Gasteiger charge is 2.10. The molecule has 1 aromatic heterocycles. The second kappa shape index (κ2) is 4.57. The van der Waals surface area contributed by atoms with E-state index in [1.165, 1.54) is 0 Å². The molecule has 1 amide bonds. The first-order chi connectivity index (χ1) is 7.79. The molecule has 0 saturated carbocycles. The van der Waals surface area contributed by atoms with Crippen molar-refractivity contribution in [1.82, 2.24) is 20.5 Å². The van der Waals surface area contributed by atoms with Gasteiger partial charge in [-0.2, -0.15) is 0 Å². The highest BCUT2D eigenvalue weighted by Crippen LogP contribution is 2.04. The van der Waals surface area contributed by atoms with Gasteiger partial charge in [0, 0.05) is 13.5 Å². The molecular weight excluding hydrogens is 204 g/mol. The van der Waals surface area contributed by atoms with Crippen LogP contribution in [0.15, 0.2) is 30.3 Å². The molecule has 5 heteroatoms. The molecule has 0 atom stereocenters. The lowest BCUT2D eigenvalue weighted by Crippen LogP contribution is -2.19. The van der Waals surface area contributed by atoms with Crippen molar-refractivity contribution in [3.8, 4) is 0 Å². The number of carbonyl (C=O) groups is 1. The van der Waals surface area contributed by atoms with Crippen molar-refractivity contribution in [3.63, 3.8) is 0 Å². The third-order valence-corrected chi connectivity index (χ3v) is 2.18. The van der Waals surface area contributed by atoms with Gasteiger partial charge in [0.05, 0.1) is 0 Å². The van der Waals surface area contributed by atoms with Gasteiger partial charge in [-0.25, -0.2) is 4.98 Å². The molecule has 0 radical (unpaired) electrons. The summed E-state index contributed by atoms with van der Waals surface area (Å²) in [6, 6.07) is 9.89. The van der Waals surface area contributed by atoms with Crippen LogP contribution in [-0.2, 0) is 6.42 Å². The highest BCUT2D eigenvalue weighted by atomic mass is 16.2. The smallest absolute Gasteiger partial charge is 0.290 e. The minimum absolute atomic E-state index is 0.174. The lowest BCUT2D eigenvalue weighted by molar-refractivity contribution is 0.0953. The standard InChI is InChI=1S/C11H12N4O/c1-12-11(16)10-13-9(14-15-10)7-8-5-3-2-4-6-8/h2-6H,7H2,1H3,(H,12,16)(H,13,14,15). The highest BCUT2D eigenvalue weighted by molar-refractivity contribution is 5.89. The first-order valence-electron chi connectivity index (χ1n) is 4.97. The first kappa shape index (κ1) is 10.4. The molecule has 2 rings (SSSR count). The third-order valence-electron chi connectivity index (χ3n) is 2.18. The maximum absolute atomic E-state index is 11.2. The molecule has 0 bridgehead atoms. The summed E-state index contributed by atoms with van der Waals surface area (Å²) >= 11 is 0. The summed E-state index contributed by atoms with van der Waals surface area (Å²) in [5, 5.41) is 9.06. The van der Waals surface area contributed by atoms with E-state index >= 15 is 0 Å². The van der Waals surface area contributed by atoms with Crippen LogP contribution in [0.5, 0.6) is 0 Å². The molecule has 0 aliphatic rings. The van der Waals surface area contributed by atoms with Crippen molar-refractivity contribution in [2.24, 2.45) is 0 Å². The number of amides is 1. The Morgan fingerprint density at radius 2 is 2.12 bits per heavy atom. The Labute approximate surface area is 92.9 Å². The summed E-state index contributed by atoms with van der Waals surface area (Å²) in [7, 11) is 1.55. The van der Waals surface area contributed by atoms with Crippen LogP contribution < -0.4 is 5.32 Å².